The van der Waals surface area contributed by atoms with Crippen LogP contribution in [0.15, 0.2) is 35.3 Å². The lowest BCUT2D eigenvalue weighted by atomic mass is 10.1. The number of ether oxygens (including phenoxy) is 1. The third kappa shape index (κ3) is 4.19. The Morgan fingerprint density at radius 3 is 2.81 bits per heavy atom. The van der Waals surface area contributed by atoms with Crippen LogP contribution < -0.4 is 5.56 Å². The van der Waals surface area contributed by atoms with E-state index < -0.39 is 5.56 Å². The van der Waals surface area contributed by atoms with E-state index in [0.717, 1.165) is 30.4 Å². The molecule has 6 heteroatoms. The third-order valence-electron chi connectivity index (χ3n) is 4.58. The number of carbonyl (C=O) groups excluding carboxylic acids is 1. The Bertz CT molecular complexity index is 814. The highest BCUT2D eigenvalue weighted by Gasteiger charge is 2.26. The molecule has 1 aromatic carbocycles. The van der Waals surface area contributed by atoms with Gasteiger partial charge in [0.1, 0.15) is 11.4 Å². The van der Waals surface area contributed by atoms with E-state index in [4.69, 9.17) is 4.74 Å². The van der Waals surface area contributed by atoms with E-state index in [-0.39, 0.29) is 17.6 Å². The molecule has 0 unspecified atom stereocenters. The van der Waals surface area contributed by atoms with Crippen LogP contribution in [-0.2, 0) is 4.74 Å². The first-order valence-electron chi connectivity index (χ1n) is 9.15. The molecule has 6 nitrogen and oxygen atoms in total. The van der Waals surface area contributed by atoms with E-state index >= 15 is 0 Å². The molecule has 0 aliphatic carbocycles. The monoisotopic (exact) mass is 355 g/mol. The molecule has 1 fully saturated rings. The minimum Gasteiger partial charge on any atom is -0.376 e. The summed E-state index contributed by atoms with van der Waals surface area (Å²) in [5, 5.41) is 0. The number of nitrogens with one attached hydrogen (secondary N) is 1. The Labute approximate surface area is 153 Å². The number of aromatic amines is 1. The first-order chi connectivity index (χ1) is 12.6. The lowest BCUT2D eigenvalue weighted by Gasteiger charge is -2.32. The van der Waals surface area contributed by atoms with Crippen LogP contribution in [0.3, 0.4) is 0 Å². The molecule has 3 rings (SSSR count). The van der Waals surface area contributed by atoms with Gasteiger partial charge in [0, 0.05) is 31.5 Å². The summed E-state index contributed by atoms with van der Waals surface area (Å²) >= 11 is 0. The Balaban J connectivity index is 1.75. The van der Waals surface area contributed by atoms with Gasteiger partial charge in [0.05, 0.1) is 6.10 Å². The predicted octanol–water partition coefficient (Wildman–Crippen LogP) is 2.78. The number of piperidine rings is 1. The number of rotatable bonds is 5. The van der Waals surface area contributed by atoms with Crippen molar-refractivity contribution in [3.63, 3.8) is 0 Å². The zero-order valence-corrected chi connectivity index (χ0v) is 15.3. The molecule has 1 saturated heterocycles. The van der Waals surface area contributed by atoms with Gasteiger partial charge in [-0.25, -0.2) is 4.98 Å². The minimum absolute atomic E-state index is 0.0477. The van der Waals surface area contributed by atoms with Gasteiger partial charge in [-0.2, -0.15) is 0 Å². The Kier molecular flexibility index (Phi) is 5.83. The average Bonchev–Trinajstić information content (AvgIpc) is 2.66. The summed E-state index contributed by atoms with van der Waals surface area (Å²) in [6.07, 6.45) is 4.21. The molecule has 1 aromatic heterocycles. The van der Waals surface area contributed by atoms with Crippen LogP contribution in [0.1, 0.15) is 42.1 Å². The fourth-order valence-electron chi connectivity index (χ4n) is 3.12. The summed E-state index contributed by atoms with van der Waals surface area (Å²) in [4.78, 5) is 33.9. The van der Waals surface area contributed by atoms with E-state index in [1.807, 2.05) is 31.2 Å². The molecule has 0 saturated carbocycles. The number of likely N-dealkylation sites (tertiary alicyclic amines) is 1. The largest absolute Gasteiger partial charge is 0.376 e. The number of hydrogen-bond donors (Lipinski definition) is 1. The average molecular weight is 355 g/mol. The van der Waals surface area contributed by atoms with Crippen molar-refractivity contribution in [2.75, 3.05) is 19.7 Å². The Morgan fingerprint density at radius 2 is 2.12 bits per heavy atom. The topological polar surface area (TPSA) is 75.3 Å². The van der Waals surface area contributed by atoms with Gasteiger partial charge in [0.25, 0.3) is 11.5 Å². The van der Waals surface area contributed by atoms with Crippen molar-refractivity contribution < 1.29 is 9.53 Å². The summed E-state index contributed by atoms with van der Waals surface area (Å²) in [6.45, 7) is 5.92. The predicted molar refractivity (Wildman–Crippen MR) is 100 cm³/mol. The van der Waals surface area contributed by atoms with Crippen molar-refractivity contribution in [2.24, 2.45) is 0 Å². The summed E-state index contributed by atoms with van der Waals surface area (Å²) in [6, 6.07) is 7.71. The third-order valence-corrected chi connectivity index (χ3v) is 4.58. The summed E-state index contributed by atoms with van der Waals surface area (Å²) in [5.74, 6) is 0.188. The lowest BCUT2D eigenvalue weighted by Crippen LogP contribution is -2.44. The number of nitrogens with zero attached hydrogens (tertiary/aromatic N) is 2. The number of H-pyrrole nitrogens is 1. The fourth-order valence-corrected chi connectivity index (χ4v) is 3.12. The number of amides is 1. The molecule has 0 bridgehead atoms. The molecular weight excluding hydrogens is 330 g/mol. The molecule has 0 radical (unpaired) electrons. The van der Waals surface area contributed by atoms with E-state index in [1.165, 1.54) is 6.20 Å². The molecule has 26 heavy (non-hydrogen) atoms. The molecule has 1 N–H and O–H groups in total. The first-order valence-corrected chi connectivity index (χ1v) is 9.15. The van der Waals surface area contributed by atoms with Crippen molar-refractivity contribution in [2.45, 2.75) is 39.2 Å². The number of hydrogen-bond acceptors (Lipinski definition) is 4. The second kappa shape index (κ2) is 8.27. The van der Waals surface area contributed by atoms with Crippen LogP contribution in [0.4, 0.5) is 0 Å². The number of carbonyl (C=O) groups is 1. The summed E-state index contributed by atoms with van der Waals surface area (Å²) in [7, 11) is 0. The molecule has 138 valence electrons. The van der Waals surface area contributed by atoms with Gasteiger partial charge in [0.15, 0.2) is 0 Å². The quantitative estimate of drug-likeness (QED) is 0.895. The molecule has 1 aliphatic heterocycles. The van der Waals surface area contributed by atoms with Crippen molar-refractivity contribution in [1.29, 1.82) is 0 Å². The van der Waals surface area contributed by atoms with Gasteiger partial charge in [-0.1, -0.05) is 36.8 Å². The molecule has 1 amide bonds. The van der Waals surface area contributed by atoms with Crippen LogP contribution in [0.2, 0.25) is 0 Å². The normalized spacial score (nSPS) is 17.3. The van der Waals surface area contributed by atoms with Crippen molar-refractivity contribution >= 4 is 5.91 Å². The Hall–Kier alpha value is -2.47. The molecular formula is C20H25N3O3. The molecule has 2 heterocycles. The zero-order valence-electron chi connectivity index (χ0n) is 15.3. The van der Waals surface area contributed by atoms with Crippen molar-refractivity contribution in [3.8, 4) is 11.4 Å². The summed E-state index contributed by atoms with van der Waals surface area (Å²) in [5.41, 5.74) is 1.62. The van der Waals surface area contributed by atoms with E-state index in [1.54, 1.807) is 4.90 Å². The summed E-state index contributed by atoms with van der Waals surface area (Å²) < 4.78 is 5.77. The van der Waals surface area contributed by atoms with Crippen molar-refractivity contribution in [1.82, 2.24) is 14.9 Å². The number of benzene rings is 1. The van der Waals surface area contributed by atoms with Crippen LogP contribution in [-0.4, -0.2) is 46.6 Å². The maximum absolute atomic E-state index is 12.7. The maximum Gasteiger partial charge on any atom is 0.264 e. The van der Waals surface area contributed by atoms with Crippen LogP contribution in [0.5, 0.6) is 0 Å². The highest BCUT2D eigenvalue weighted by Crippen LogP contribution is 2.17. The van der Waals surface area contributed by atoms with Crippen LogP contribution >= 0.6 is 0 Å². The van der Waals surface area contributed by atoms with E-state index in [0.29, 0.717) is 25.5 Å². The van der Waals surface area contributed by atoms with Crippen LogP contribution in [0, 0.1) is 6.92 Å². The van der Waals surface area contributed by atoms with Gasteiger partial charge in [-0.3, -0.25) is 9.59 Å². The van der Waals surface area contributed by atoms with Gasteiger partial charge in [-0.05, 0) is 26.2 Å². The van der Waals surface area contributed by atoms with Gasteiger partial charge < -0.3 is 14.6 Å². The Morgan fingerprint density at radius 1 is 1.35 bits per heavy atom. The lowest BCUT2D eigenvalue weighted by molar-refractivity contribution is 0.00204. The first kappa shape index (κ1) is 18.3. The standard InChI is InChI=1S/C20H25N3O3/c1-3-11-26-16-5-4-10-23(13-16)20(25)17-12-21-18(22-19(17)24)15-8-6-14(2)7-9-15/h6-9,12,16H,3-5,10-11,13H2,1-2H3,(H,21,22,24)/t16-/m1/s1. The van der Waals surface area contributed by atoms with Gasteiger partial charge >= 0.3 is 0 Å². The fraction of sp³-hybridized carbons (Fsp3) is 0.450. The number of aromatic nitrogens is 2. The van der Waals surface area contributed by atoms with Gasteiger partial charge in [0.2, 0.25) is 0 Å². The van der Waals surface area contributed by atoms with E-state index in [9.17, 15) is 9.59 Å². The second-order valence-electron chi connectivity index (χ2n) is 6.73. The molecule has 0 spiro atoms. The van der Waals surface area contributed by atoms with Crippen molar-refractivity contribution in [3.05, 3.63) is 51.9 Å². The smallest absolute Gasteiger partial charge is 0.264 e. The molecule has 1 atom stereocenters. The van der Waals surface area contributed by atoms with Gasteiger partial charge in [-0.15, -0.1) is 0 Å². The maximum atomic E-state index is 12.7. The SMILES string of the molecule is CCCO[C@@H]1CCCN(C(=O)c2cnc(-c3ccc(C)cc3)[nH]c2=O)C1. The second-order valence-corrected chi connectivity index (χ2v) is 6.73. The molecule has 1 aliphatic rings. The highest BCUT2D eigenvalue weighted by molar-refractivity contribution is 5.93. The zero-order chi connectivity index (χ0) is 18.5. The molecule has 2 aromatic rings. The minimum atomic E-state index is -0.405. The van der Waals surface area contributed by atoms with Crippen LogP contribution in [0.25, 0.3) is 11.4 Å². The van der Waals surface area contributed by atoms with E-state index in [2.05, 4.69) is 16.9 Å². The highest BCUT2D eigenvalue weighted by atomic mass is 16.5. The number of aryl methyl sites for hydroxylation is 1.